The molecule has 1 atom stereocenters. The lowest BCUT2D eigenvalue weighted by Crippen LogP contribution is -2.35. The third-order valence-electron chi connectivity index (χ3n) is 5.57. The Bertz CT molecular complexity index is 1060. The largest absolute Gasteiger partial charge is 0.346 e. The highest BCUT2D eigenvalue weighted by atomic mass is 16.1. The van der Waals surface area contributed by atoms with Gasteiger partial charge in [0.15, 0.2) is 0 Å². The molecule has 1 fully saturated rings. The zero-order valence-electron chi connectivity index (χ0n) is 16.6. The first-order valence-electron chi connectivity index (χ1n) is 10.1. The number of hydrogen-bond acceptors (Lipinski definition) is 4. The minimum atomic E-state index is -0.0782. The van der Waals surface area contributed by atoms with Gasteiger partial charge in [-0.1, -0.05) is 12.1 Å². The van der Waals surface area contributed by atoms with Crippen LogP contribution >= 0.6 is 0 Å². The van der Waals surface area contributed by atoms with Crippen LogP contribution < -0.4 is 5.32 Å². The van der Waals surface area contributed by atoms with Gasteiger partial charge in [0, 0.05) is 31.6 Å². The number of nitriles is 1. The van der Waals surface area contributed by atoms with E-state index in [1.165, 1.54) is 18.9 Å². The molecule has 0 saturated carbocycles. The smallest absolute Gasteiger partial charge is 0.221 e. The number of hydrogen-bond donors (Lipinski definition) is 2. The molecule has 29 heavy (non-hydrogen) atoms. The maximum absolute atomic E-state index is 11.7. The second-order valence-corrected chi connectivity index (χ2v) is 7.83. The van der Waals surface area contributed by atoms with Crippen LogP contribution in [-0.4, -0.2) is 33.9 Å². The molecule has 2 N–H and O–H groups in total. The standard InChI is InChI=1S/C23H25N5O/c1-16(29)27-22-13-26-23-20(7-8-25-23)21(22)11-19-6-3-9-28(15-19)14-18-5-2-4-17(10-18)12-24/h2,4-5,7-8,10,13,19H,3,6,9,11,14-15H2,1H3,(H,25,26)(H,27,29)/t19-/m0/s1. The summed E-state index contributed by atoms with van der Waals surface area (Å²) in [6, 6.07) is 12.1. The topological polar surface area (TPSA) is 84.8 Å². The molecule has 1 saturated heterocycles. The van der Waals surface area contributed by atoms with Crippen LogP contribution in [0, 0.1) is 17.2 Å². The van der Waals surface area contributed by atoms with Crippen molar-refractivity contribution in [2.45, 2.75) is 32.7 Å². The Morgan fingerprint density at radius 2 is 2.31 bits per heavy atom. The van der Waals surface area contributed by atoms with Crippen molar-refractivity contribution in [1.82, 2.24) is 14.9 Å². The van der Waals surface area contributed by atoms with Crippen molar-refractivity contribution in [2.24, 2.45) is 5.92 Å². The zero-order valence-corrected chi connectivity index (χ0v) is 16.6. The number of rotatable bonds is 5. The number of nitrogens with one attached hydrogen (secondary N) is 2. The first kappa shape index (κ1) is 19.2. The zero-order chi connectivity index (χ0) is 20.2. The monoisotopic (exact) mass is 387 g/mol. The molecule has 6 heteroatoms. The quantitative estimate of drug-likeness (QED) is 0.696. The van der Waals surface area contributed by atoms with Gasteiger partial charge >= 0.3 is 0 Å². The number of pyridine rings is 1. The molecule has 3 heterocycles. The number of aromatic nitrogens is 2. The predicted molar refractivity (Wildman–Crippen MR) is 113 cm³/mol. The van der Waals surface area contributed by atoms with E-state index in [0.29, 0.717) is 11.5 Å². The second-order valence-electron chi connectivity index (χ2n) is 7.83. The highest BCUT2D eigenvalue weighted by molar-refractivity contribution is 5.93. The molecular formula is C23H25N5O. The number of carbonyl (C=O) groups excluding carboxylic acids is 1. The molecule has 0 radical (unpaired) electrons. The minimum absolute atomic E-state index is 0.0782. The summed E-state index contributed by atoms with van der Waals surface area (Å²) in [5.41, 5.74) is 4.71. The molecule has 1 aliphatic rings. The third kappa shape index (κ3) is 4.47. The summed E-state index contributed by atoms with van der Waals surface area (Å²) in [4.78, 5) is 21.7. The molecule has 0 bridgehead atoms. The molecule has 3 aromatic rings. The Balaban J connectivity index is 1.51. The van der Waals surface area contributed by atoms with E-state index in [1.807, 2.05) is 30.5 Å². The summed E-state index contributed by atoms with van der Waals surface area (Å²) in [6.07, 6.45) is 6.88. The lowest BCUT2D eigenvalue weighted by molar-refractivity contribution is -0.114. The van der Waals surface area contributed by atoms with E-state index in [1.54, 1.807) is 6.20 Å². The lowest BCUT2D eigenvalue weighted by atomic mass is 9.89. The number of benzene rings is 1. The van der Waals surface area contributed by atoms with E-state index < -0.39 is 0 Å². The fraction of sp³-hybridized carbons (Fsp3) is 0.348. The van der Waals surface area contributed by atoms with E-state index in [0.717, 1.165) is 54.8 Å². The predicted octanol–water partition coefficient (Wildman–Crippen LogP) is 3.85. The highest BCUT2D eigenvalue weighted by Gasteiger charge is 2.23. The Labute approximate surface area is 170 Å². The summed E-state index contributed by atoms with van der Waals surface area (Å²) in [7, 11) is 0. The van der Waals surface area contributed by atoms with Gasteiger partial charge in [0.2, 0.25) is 5.91 Å². The summed E-state index contributed by atoms with van der Waals surface area (Å²) in [5, 5.41) is 13.2. The SMILES string of the molecule is CC(=O)Nc1cnc2[nH]ccc2c1C[C@@H]1CCCN(Cc2cccc(C#N)c2)C1. The van der Waals surface area contributed by atoms with Crippen molar-refractivity contribution in [3.8, 4) is 6.07 Å². The number of nitrogens with zero attached hydrogens (tertiary/aromatic N) is 3. The first-order chi connectivity index (χ1) is 14.1. The summed E-state index contributed by atoms with van der Waals surface area (Å²) < 4.78 is 0. The van der Waals surface area contributed by atoms with Gasteiger partial charge in [-0.2, -0.15) is 5.26 Å². The average molecular weight is 387 g/mol. The van der Waals surface area contributed by atoms with Crippen molar-refractivity contribution >= 4 is 22.6 Å². The molecule has 1 amide bonds. The van der Waals surface area contributed by atoms with E-state index in [2.05, 4.69) is 32.3 Å². The number of anilines is 1. The highest BCUT2D eigenvalue weighted by Crippen LogP contribution is 2.30. The van der Waals surface area contributed by atoms with Gasteiger partial charge in [-0.15, -0.1) is 0 Å². The van der Waals surface area contributed by atoms with Gasteiger partial charge in [-0.25, -0.2) is 4.98 Å². The molecular weight excluding hydrogens is 362 g/mol. The van der Waals surface area contributed by atoms with Gasteiger partial charge in [0.1, 0.15) is 5.65 Å². The summed E-state index contributed by atoms with van der Waals surface area (Å²) in [6.45, 7) is 4.47. The Hall–Kier alpha value is -3.17. The van der Waals surface area contributed by atoms with Gasteiger partial charge in [0.25, 0.3) is 0 Å². The Morgan fingerprint density at radius 1 is 1.41 bits per heavy atom. The summed E-state index contributed by atoms with van der Waals surface area (Å²) in [5.74, 6) is 0.432. The molecule has 6 nitrogen and oxygen atoms in total. The Morgan fingerprint density at radius 3 is 3.14 bits per heavy atom. The molecule has 4 rings (SSSR count). The van der Waals surface area contributed by atoms with E-state index >= 15 is 0 Å². The van der Waals surface area contributed by atoms with Crippen LogP contribution in [0.4, 0.5) is 5.69 Å². The fourth-order valence-corrected chi connectivity index (χ4v) is 4.33. The van der Waals surface area contributed by atoms with Crippen LogP contribution in [0.25, 0.3) is 11.0 Å². The number of likely N-dealkylation sites (tertiary alicyclic amines) is 1. The van der Waals surface area contributed by atoms with Crippen molar-refractivity contribution in [3.63, 3.8) is 0 Å². The van der Waals surface area contributed by atoms with Crippen molar-refractivity contribution in [1.29, 1.82) is 5.26 Å². The molecule has 1 aromatic carbocycles. The van der Waals surface area contributed by atoms with Crippen molar-refractivity contribution < 1.29 is 4.79 Å². The number of H-pyrrole nitrogens is 1. The van der Waals surface area contributed by atoms with Gasteiger partial charge in [0.05, 0.1) is 23.5 Å². The number of piperidine rings is 1. The molecule has 0 spiro atoms. The fourth-order valence-electron chi connectivity index (χ4n) is 4.33. The van der Waals surface area contributed by atoms with Crippen molar-refractivity contribution in [2.75, 3.05) is 18.4 Å². The molecule has 2 aromatic heterocycles. The summed E-state index contributed by atoms with van der Waals surface area (Å²) >= 11 is 0. The molecule has 0 aliphatic carbocycles. The number of fused-ring (bicyclic) bond motifs is 1. The number of aromatic amines is 1. The Kier molecular flexibility index (Phi) is 5.59. The van der Waals surface area contributed by atoms with Crippen LogP contribution in [0.3, 0.4) is 0 Å². The molecule has 148 valence electrons. The maximum atomic E-state index is 11.7. The van der Waals surface area contributed by atoms with Gasteiger partial charge < -0.3 is 10.3 Å². The van der Waals surface area contributed by atoms with E-state index in [4.69, 9.17) is 5.26 Å². The van der Waals surface area contributed by atoms with Crippen LogP contribution in [0.2, 0.25) is 0 Å². The van der Waals surface area contributed by atoms with Crippen LogP contribution in [-0.2, 0) is 17.8 Å². The van der Waals surface area contributed by atoms with Crippen molar-refractivity contribution in [3.05, 3.63) is 59.4 Å². The minimum Gasteiger partial charge on any atom is -0.346 e. The number of carbonyl (C=O) groups is 1. The maximum Gasteiger partial charge on any atom is 0.221 e. The van der Waals surface area contributed by atoms with Crippen LogP contribution in [0.5, 0.6) is 0 Å². The van der Waals surface area contributed by atoms with E-state index in [9.17, 15) is 4.79 Å². The van der Waals surface area contributed by atoms with Crippen LogP contribution in [0.15, 0.2) is 42.7 Å². The van der Waals surface area contributed by atoms with Gasteiger partial charge in [-0.3, -0.25) is 9.69 Å². The average Bonchev–Trinajstić information content (AvgIpc) is 3.19. The normalized spacial score (nSPS) is 17.2. The third-order valence-corrected chi connectivity index (χ3v) is 5.57. The van der Waals surface area contributed by atoms with Gasteiger partial charge in [-0.05, 0) is 61.1 Å². The lowest BCUT2D eigenvalue weighted by Gasteiger charge is -2.33. The van der Waals surface area contributed by atoms with E-state index in [-0.39, 0.29) is 5.91 Å². The number of amides is 1. The molecule has 0 unspecified atom stereocenters. The van der Waals surface area contributed by atoms with Crippen LogP contribution in [0.1, 0.15) is 36.5 Å². The molecule has 1 aliphatic heterocycles. The second kappa shape index (κ2) is 8.46. The first-order valence-corrected chi connectivity index (χ1v) is 10.1.